The fourth-order valence-corrected chi connectivity index (χ4v) is 5.75. The van der Waals surface area contributed by atoms with E-state index in [2.05, 4.69) is 34.2 Å². The fourth-order valence-electron chi connectivity index (χ4n) is 4.16. The van der Waals surface area contributed by atoms with Gasteiger partial charge in [0.2, 0.25) is 11.8 Å². The number of anilines is 1. The van der Waals surface area contributed by atoms with Gasteiger partial charge in [-0.3, -0.25) is 14.5 Å². The first kappa shape index (κ1) is 22.1. The summed E-state index contributed by atoms with van der Waals surface area (Å²) in [6.07, 6.45) is 4.37. The standard InChI is InChI=1S/C24H26BrN3O2S/c1-15-11-12-19(16(2)13-15)27-24-28(17-7-3-4-8-17)23(30)21(31-24)14-22(29)26-20-10-6-5-9-18(20)25/h5-6,9-13,17,21H,3-4,7-8,14H2,1-2H3,(H,26,29). The third-order valence-corrected chi connectivity index (χ3v) is 7.59. The Morgan fingerprint density at radius 1 is 1.19 bits per heavy atom. The van der Waals surface area contributed by atoms with Gasteiger partial charge in [-0.15, -0.1) is 0 Å². The number of thioether (sulfide) groups is 1. The minimum atomic E-state index is -0.451. The second-order valence-electron chi connectivity index (χ2n) is 8.17. The van der Waals surface area contributed by atoms with E-state index in [1.165, 1.54) is 17.3 Å². The molecule has 2 fully saturated rings. The van der Waals surface area contributed by atoms with E-state index in [0.717, 1.165) is 46.6 Å². The monoisotopic (exact) mass is 499 g/mol. The third kappa shape index (κ3) is 5.04. The average Bonchev–Trinajstić information content (AvgIpc) is 3.34. The number of aliphatic imine (C=N–C) groups is 1. The molecule has 1 atom stereocenters. The van der Waals surface area contributed by atoms with Gasteiger partial charge in [0.1, 0.15) is 5.25 Å². The largest absolute Gasteiger partial charge is 0.325 e. The van der Waals surface area contributed by atoms with Gasteiger partial charge in [0.25, 0.3) is 0 Å². The van der Waals surface area contributed by atoms with Crippen LogP contribution in [0.3, 0.4) is 0 Å². The van der Waals surface area contributed by atoms with Crippen molar-refractivity contribution in [3.05, 3.63) is 58.1 Å². The molecule has 2 amide bonds. The number of carbonyl (C=O) groups is 2. The van der Waals surface area contributed by atoms with E-state index in [0.29, 0.717) is 5.69 Å². The van der Waals surface area contributed by atoms with Gasteiger partial charge in [0, 0.05) is 16.9 Å². The number of carbonyl (C=O) groups excluding carboxylic acids is 2. The minimum absolute atomic E-state index is 0.00249. The molecular weight excluding hydrogens is 474 g/mol. The van der Waals surface area contributed by atoms with Crippen molar-refractivity contribution in [3.63, 3.8) is 0 Å². The first-order valence-corrected chi connectivity index (χ1v) is 12.3. The van der Waals surface area contributed by atoms with Crippen LogP contribution in [0, 0.1) is 13.8 Å². The van der Waals surface area contributed by atoms with E-state index in [4.69, 9.17) is 4.99 Å². The zero-order valence-electron chi connectivity index (χ0n) is 17.7. The van der Waals surface area contributed by atoms with Gasteiger partial charge in [-0.1, -0.05) is 54.4 Å². The lowest BCUT2D eigenvalue weighted by Crippen LogP contribution is -2.40. The van der Waals surface area contributed by atoms with Crippen LogP contribution in [-0.4, -0.2) is 33.2 Å². The van der Waals surface area contributed by atoms with E-state index in [9.17, 15) is 9.59 Å². The molecule has 2 aromatic rings. The Balaban J connectivity index is 1.55. The van der Waals surface area contributed by atoms with Crippen molar-refractivity contribution in [3.8, 4) is 0 Å². The maximum absolute atomic E-state index is 13.3. The Hall–Kier alpha value is -2.12. The maximum Gasteiger partial charge on any atom is 0.242 e. The molecule has 0 aromatic heterocycles. The summed E-state index contributed by atoms with van der Waals surface area (Å²) in [4.78, 5) is 32.8. The van der Waals surface area contributed by atoms with Gasteiger partial charge >= 0.3 is 0 Å². The smallest absolute Gasteiger partial charge is 0.242 e. The summed E-state index contributed by atoms with van der Waals surface area (Å²) < 4.78 is 0.818. The number of benzene rings is 2. The molecule has 1 aliphatic heterocycles. The summed E-state index contributed by atoms with van der Waals surface area (Å²) in [6.45, 7) is 4.10. The van der Waals surface area contributed by atoms with Crippen molar-refractivity contribution in [2.75, 3.05) is 5.32 Å². The highest BCUT2D eigenvalue weighted by Gasteiger charge is 2.43. The molecule has 1 aliphatic carbocycles. The van der Waals surface area contributed by atoms with E-state index >= 15 is 0 Å². The van der Waals surface area contributed by atoms with Crippen LogP contribution < -0.4 is 5.32 Å². The fraction of sp³-hybridized carbons (Fsp3) is 0.375. The zero-order chi connectivity index (χ0) is 22.0. The molecule has 1 N–H and O–H groups in total. The van der Waals surface area contributed by atoms with Crippen LogP contribution >= 0.6 is 27.7 Å². The van der Waals surface area contributed by atoms with Crippen molar-refractivity contribution >= 4 is 56.0 Å². The van der Waals surface area contributed by atoms with Gasteiger partial charge in [-0.05, 0) is 66.4 Å². The van der Waals surface area contributed by atoms with E-state index < -0.39 is 5.25 Å². The predicted molar refractivity (Wildman–Crippen MR) is 131 cm³/mol. The lowest BCUT2D eigenvalue weighted by Gasteiger charge is -2.23. The quantitative estimate of drug-likeness (QED) is 0.551. The highest BCUT2D eigenvalue weighted by molar-refractivity contribution is 9.10. The summed E-state index contributed by atoms with van der Waals surface area (Å²) in [5, 5.41) is 3.19. The molecule has 7 heteroatoms. The van der Waals surface area contributed by atoms with Crippen LogP contribution in [0.5, 0.6) is 0 Å². The zero-order valence-corrected chi connectivity index (χ0v) is 20.1. The van der Waals surface area contributed by atoms with Crippen LogP contribution in [0.2, 0.25) is 0 Å². The van der Waals surface area contributed by atoms with Crippen LogP contribution in [-0.2, 0) is 9.59 Å². The summed E-state index contributed by atoms with van der Waals surface area (Å²) in [5.41, 5.74) is 3.86. The maximum atomic E-state index is 13.3. The first-order valence-electron chi connectivity index (χ1n) is 10.6. The topological polar surface area (TPSA) is 61.8 Å². The summed E-state index contributed by atoms with van der Waals surface area (Å²) >= 11 is 4.87. The van der Waals surface area contributed by atoms with E-state index in [-0.39, 0.29) is 24.3 Å². The molecule has 2 aliphatic rings. The van der Waals surface area contributed by atoms with Gasteiger partial charge in [-0.25, -0.2) is 4.99 Å². The number of amides is 2. The Morgan fingerprint density at radius 3 is 2.65 bits per heavy atom. The van der Waals surface area contributed by atoms with E-state index in [1.54, 1.807) is 0 Å². The molecule has 4 rings (SSSR count). The molecule has 1 unspecified atom stereocenters. The van der Waals surface area contributed by atoms with Crippen molar-refractivity contribution in [1.82, 2.24) is 4.90 Å². The Bertz CT molecular complexity index is 1030. The Labute approximate surface area is 195 Å². The van der Waals surface area contributed by atoms with Crippen molar-refractivity contribution in [2.24, 2.45) is 4.99 Å². The molecule has 0 spiro atoms. The van der Waals surface area contributed by atoms with Gasteiger partial charge in [-0.2, -0.15) is 0 Å². The molecule has 1 heterocycles. The number of rotatable bonds is 5. The highest BCUT2D eigenvalue weighted by Crippen LogP contribution is 2.38. The Morgan fingerprint density at radius 2 is 1.94 bits per heavy atom. The van der Waals surface area contributed by atoms with Gasteiger partial charge < -0.3 is 5.32 Å². The van der Waals surface area contributed by atoms with Crippen LogP contribution in [0.1, 0.15) is 43.2 Å². The normalized spacial score (nSPS) is 20.6. The van der Waals surface area contributed by atoms with Crippen molar-refractivity contribution < 1.29 is 9.59 Å². The van der Waals surface area contributed by atoms with Crippen LogP contribution in [0.15, 0.2) is 51.9 Å². The number of hydrogen-bond donors (Lipinski definition) is 1. The molecule has 162 valence electrons. The molecule has 0 bridgehead atoms. The number of aryl methyl sites for hydroxylation is 2. The molecule has 1 saturated heterocycles. The third-order valence-electron chi connectivity index (χ3n) is 5.74. The molecule has 0 radical (unpaired) electrons. The number of para-hydroxylation sites is 1. The highest BCUT2D eigenvalue weighted by atomic mass is 79.9. The van der Waals surface area contributed by atoms with Crippen molar-refractivity contribution in [2.45, 2.75) is 57.2 Å². The van der Waals surface area contributed by atoms with E-state index in [1.807, 2.05) is 48.2 Å². The number of amidine groups is 1. The second kappa shape index (κ2) is 9.57. The SMILES string of the molecule is Cc1ccc(N=C2SC(CC(=O)Nc3ccccc3Br)C(=O)N2C2CCCC2)c(C)c1. The number of hydrogen-bond acceptors (Lipinski definition) is 4. The van der Waals surface area contributed by atoms with Gasteiger partial charge in [0.05, 0.1) is 11.4 Å². The predicted octanol–water partition coefficient (Wildman–Crippen LogP) is 5.97. The average molecular weight is 500 g/mol. The Kier molecular flexibility index (Phi) is 6.82. The van der Waals surface area contributed by atoms with Crippen LogP contribution in [0.25, 0.3) is 0 Å². The molecule has 31 heavy (non-hydrogen) atoms. The lowest BCUT2D eigenvalue weighted by molar-refractivity contribution is -0.129. The lowest BCUT2D eigenvalue weighted by atomic mass is 10.1. The molecule has 1 saturated carbocycles. The first-order chi connectivity index (χ1) is 14.9. The number of halogens is 1. The molecule has 5 nitrogen and oxygen atoms in total. The van der Waals surface area contributed by atoms with Gasteiger partial charge in [0.15, 0.2) is 5.17 Å². The van der Waals surface area contributed by atoms with Crippen LogP contribution in [0.4, 0.5) is 11.4 Å². The number of nitrogens with one attached hydrogen (secondary N) is 1. The number of nitrogens with zero attached hydrogens (tertiary/aromatic N) is 2. The summed E-state index contributed by atoms with van der Waals surface area (Å²) in [5.74, 6) is -0.167. The minimum Gasteiger partial charge on any atom is -0.325 e. The second-order valence-corrected chi connectivity index (χ2v) is 10.2. The summed E-state index contributed by atoms with van der Waals surface area (Å²) in [6, 6.07) is 13.8. The van der Waals surface area contributed by atoms with Crippen molar-refractivity contribution in [1.29, 1.82) is 0 Å². The summed E-state index contributed by atoms with van der Waals surface area (Å²) in [7, 11) is 0. The molecular formula is C24H26BrN3O2S. The molecule has 2 aromatic carbocycles.